The first-order valence-corrected chi connectivity index (χ1v) is 8.37. The Kier molecular flexibility index (Phi) is 4.62. The molecule has 1 aliphatic carbocycles. The van der Waals surface area contributed by atoms with Crippen LogP contribution in [0.15, 0.2) is 28.8 Å². The fraction of sp³-hybridized carbons (Fsp3) is 0.556. The van der Waals surface area contributed by atoms with E-state index in [0.29, 0.717) is 18.3 Å². The summed E-state index contributed by atoms with van der Waals surface area (Å²) in [6.07, 6.45) is -2.39. The minimum Gasteiger partial charge on any atom is -0.338 e. The van der Waals surface area contributed by atoms with Crippen LogP contribution in [0.3, 0.4) is 0 Å². The van der Waals surface area contributed by atoms with Gasteiger partial charge >= 0.3 is 6.18 Å². The Balaban J connectivity index is 1.79. The van der Waals surface area contributed by atoms with E-state index in [4.69, 9.17) is 4.52 Å². The standard InChI is InChI=1S/C18H22F3N3O/c1-17(2,3)16-22-15(25-23-16)11-24(13-8-9-13)10-12-6-4-5-7-14(12)18(19,20)21/h4-7,13H,8-11H2,1-3H3. The first kappa shape index (κ1) is 17.9. The zero-order valence-corrected chi connectivity index (χ0v) is 14.6. The maximum atomic E-state index is 13.2. The number of alkyl halides is 3. The molecule has 1 aromatic carbocycles. The van der Waals surface area contributed by atoms with Crippen LogP contribution in [0.1, 0.15) is 56.5 Å². The normalized spacial score (nSPS) is 15.8. The van der Waals surface area contributed by atoms with Gasteiger partial charge in [-0.15, -0.1) is 0 Å². The molecule has 0 unspecified atom stereocenters. The van der Waals surface area contributed by atoms with Gasteiger partial charge in [-0.25, -0.2) is 0 Å². The molecule has 1 heterocycles. The average Bonchev–Trinajstić information content (AvgIpc) is 3.24. The maximum Gasteiger partial charge on any atom is 0.416 e. The van der Waals surface area contributed by atoms with Crippen molar-refractivity contribution < 1.29 is 17.7 Å². The summed E-state index contributed by atoms with van der Waals surface area (Å²) in [5, 5.41) is 3.99. The SMILES string of the molecule is CC(C)(C)c1noc(CN(Cc2ccccc2C(F)(F)F)C2CC2)n1. The Hall–Kier alpha value is -1.89. The van der Waals surface area contributed by atoms with Gasteiger partial charge in [0.2, 0.25) is 5.89 Å². The maximum absolute atomic E-state index is 13.2. The van der Waals surface area contributed by atoms with E-state index in [-0.39, 0.29) is 23.6 Å². The van der Waals surface area contributed by atoms with Crippen LogP contribution in [0.2, 0.25) is 0 Å². The Morgan fingerprint density at radius 2 is 1.80 bits per heavy atom. The van der Waals surface area contributed by atoms with E-state index in [0.717, 1.165) is 18.9 Å². The Morgan fingerprint density at radius 3 is 2.36 bits per heavy atom. The van der Waals surface area contributed by atoms with Gasteiger partial charge in [-0.3, -0.25) is 4.90 Å². The third kappa shape index (κ3) is 4.39. The number of benzene rings is 1. The third-order valence-corrected chi connectivity index (χ3v) is 4.24. The van der Waals surface area contributed by atoms with Gasteiger partial charge in [-0.1, -0.05) is 44.1 Å². The summed E-state index contributed by atoms with van der Waals surface area (Å²) >= 11 is 0. The highest BCUT2D eigenvalue weighted by molar-refractivity contribution is 5.29. The molecule has 2 aromatic rings. The summed E-state index contributed by atoms with van der Waals surface area (Å²) in [6, 6.07) is 5.99. The van der Waals surface area contributed by atoms with Gasteiger partial charge in [-0.2, -0.15) is 18.2 Å². The fourth-order valence-corrected chi connectivity index (χ4v) is 2.70. The molecule has 0 amide bonds. The van der Waals surface area contributed by atoms with Crippen molar-refractivity contribution in [1.29, 1.82) is 0 Å². The van der Waals surface area contributed by atoms with Crippen LogP contribution in [0.5, 0.6) is 0 Å². The first-order valence-electron chi connectivity index (χ1n) is 8.37. The minimum absolute atomic E-state index is 0.216. The number of nitrogens with zero attached hydrogens (tertiary/aromatic N) is 3. The van der Waals surface area contributed by atoms with Crippen LogP contribution in [-0.2, 0) is 24.7 Å². The molecule has 1 fully saturated rings. The number of hydrogen-bond donors (Lipinski definition) is 0. The Morgan fingerprint density at radius 1 is 1.12 bits per heavy atom. The van der Waals surface area contributed by atoms with E-state index < -0.39 is 11.7 Å². The predicted octanol–water partition coefficient (Wildman–Crippen LogP) is 4.55. The summed E-state index contributed by atoms with van der Waals surface area (Å²) < 4.78 is 45.0. The average molecular weight is 353 g/mol. The van der Waals surface area contributed by atoms with Crippen LogP contribution in [0, 0.1) is 0 Å². The predicted molar refractivity (Wildman–Crippen MR) is 86.7 cm³/mol. The van der Waals surface area contributed by atoms with E-state index in [1.165, 1.54) is 12.1 Å². The quantitative estimate of drug-likeness (QED) is 0.791. The second-order valence-corrected chi connectivity index (χ2v) is 7.55. The zero-order valence-electron chi connectivity index (χ0n) is 14.6. The molecule has 4 nitrogen and oxygen atoms in total. The molecule has 1 saturated carbocycles. The van der Waals surface area contributed by atoms with Crippen molar-refractivity contribution in [2.45, 2.75) is 64.3 Å². The van der Waals surface area contributed by atoms with E-state index in [1.54, 1.807) is 6.07 Å². The van der Waals surface area contributed by atoms with Crippen LogP contribution in [0.25, 0.3) is 0 Å². The summed E-state index contributed by atoms with van der Waals surface area (Å²) in [6.45, 7) is 6.53. The lowest BCUT2D eigenvalue weighted by molar-refractivity contribution is -0.138. The second kappa shape index (κ2) is 6.44. The van der Waals surface area contributed by atoms with Crippen LogP contribution in [0.4, 0.5) is 13.2 Å². The monoisotopic (exact) mass is 353 g/mol. The molecule has 25 heavy (non-hydrogen) atoms. The van der Waals surface area contributed by atoms with Gasteiger partial charge in [0.25, 0.3) is 0 Å². The van der Waals surface area contributed by atoms with E-state index >= 15 is 0 Å². The third-order valence-electron chi connectivity index (χ3n) is 4.24. The fourth-order valence-electron chi connectivity index (χ4n) is 2.70. The Bertz CT molecular complexity index is 730. The van der Waals surface area contributed by atoms with Crippen molar-refractivity contribution in [2.24, 2.45) is 0 Å². The summed E-state index contributed by atoms with van der Waals surface area (Å²) in [5.74, 6) is 1.05. The summed E-state index contributed by atoms with van der Waals surface area (Å²) in [4.78, 5) is 6.39. The highest BCUT2D eigenvalue weighted by atomic mass is 19.4. The minimum atomic E-state index is -4.35. The van der Waals surface area contributed by atoms with Gasteiger partial charge < -0.3 is 4.52 Å². The molecule has 0 bridgehead atoms. The van der Waals surface area contributed by atoms with Gasteiger partial charge in [0.05, 0.1) is 12.1 Å². The summed E-state index contributed by atoms with van der Waals surface area (Å²) in [7, 11) is 0. The van der Waals surface area contributed by atoms with Crippen LogP contribution >= 0.6 is 0 Å². The molecule has 7 heteroatoms. The van der Waals surface area contributed by atoms with E-state index in [1.807, 2.05) is 25.7 Å². The molecule has 0 aliphatic heterocycles. The van der Waals surface area contributed by atoms with Gasteiger partial charge in [0, 0.05) is 18.0 Å². The van der Waals surface area contributed by atoms with Crippen molar-refractivity contribution in [1.82, 2.24) is 15.0 Å². The molecule has 3 rings (SSSR count). The van der Waals surface area contributed by atoms with E-state index in [9.17, 15) is 13.2 Å². The number of halogens is 3. The largest absolute Gasteiger partial charge is 0.416 e. The molecular weight excluding hydrogens is 331 g/mol. The number of aromatic nitrogens is 2. The van der Waals surface area contributed by atoms with Crippen molar-refractivity contribution in [3.63, 3.8) is 0 Å². The molecule has 0 N–H and O–H groups in total. The lowest BCUT2D eigenvalue weighted by Gasteiger charge is -2.22. The Labute approximate surface area is 145 Å². The van der Waals surface area contributed by atoms with Crippen LogP contribution in [-0.4, -0.2) is 21.1 Å². The smallest absolute Gasteiger partial charge is 0.338 e. The zero-order chi connectivity index (χ0) is 18.2. The number of rotatable bonds is 5. The van der Waals surface area contributed by atoms with Crippen LogP contribution < -0.4 is 0 Å². The highest BCUT2D eigenvalue weighted by Crippen LogP contribution is 2.35. The molecule has 1 aliphatic rings. The molecule has 0 spiro atoms. The van der Waals surface area contributed by atoms with Crippen molar-refractivity contribution in [2.75, 3.05) is 0 Å². The molecular formula is C18H22F3N3O. The summed E-state index contributed by atoms with van der Waals surface area (Å²) in [5.41, 5.74) is -0.534. The molecule has 0 saturated heterocycles. The van der Waals surface area contributed by atoms with Gasteiger partial charge in [-0.05, 0) is 24.5 Å². The van der Waals surface area contributed by atoms with Crippen molar-refractivity contribution in [3.8, 4) is 0 Å². The van der Waals surface area contributed by atoms with E-state index in [2.05, 4.69) is 10.1 Å². The van der Waals surface area contributed by atoms with Crippen molar-refractivity contribution >= 4 is 0 Å². The lowest BCUT2D eigenvalue weighted by atomic mass is 9.96. The molecule has 1 aromatic heterocycles. The second-order valence-electron chi connectivity index (χ2n) is 7.55. The topological polar surface area (TPSA) is 42.2 Å². The molecule has 0 radical (unpaired) electrons. The van der Waals surface area contributed by atoms with Crippen molar-refractivity contribution in [3.05, 3.63) is 47.1 Å². The lowest BCUT2D eigenvalue weighted by Crippen LogP contribution is -2.27. The number of hydrogen-bond acceptors (Lipinski definition) is 4. The molecule has 0 atom stereocenters. The first-order chi connectivity index (χ1) is 11.6. The molecule has 136 valence electrons. The highest BCUT2D eigenvalue weighted by Gasteiger charge is 2.36. The van der Waals surface area contributed by atoms with Gasteiger partial charge in [0.15, 0.2) is 5.82 Å². The van der Waals surface area contributed by atoms with Gasteiger partial charge in [0.1, 0.15) is 0 Å².